The van der Waals surface area contributed by atoms with Crippen LogP contribution in [0.4, 0.5) is 10.1 Å². The summed E-state index contributed by atoms with van der Waals surface area (Å²) in [6, 6.07) is 5.83. The molecule has 0 saturated carbocycles. The summed E-state index contributed by atoms with van der Waals surface area (Å²) in [7, 11) is 0. The van der Waals surface area contributed by atoms with Gasteiger partial charge in [-0.1, -0.05) is 12.1 Å². The largest absolute Gasteiger partial charge is 0.494 e. The molecule has 5 nitrogen and oxygen atoms in total. The number of hydrogen-bond donors (Lipinski definition) is 3. The molecule has 0 atom stereocenters. The Kier molecular flexibility index (Phi) is 3.33. The van der Waals surface area contributed by atoms with Gasteiger partial charge in [0, 0.05) is 6.21 Å². The van der Waals surface area contributed by atoms with Gasteiger partial charge in [0.25, 0.3) is 5.56 Å². The molecule has 1 heterocycles. The van der Waals surface area contributed by atoms with E-state index in [0.717, 1.165) is 6.21 Å². The maximum atomic E-state index is 13.3. The van der Waals surface area contributed by atoms with Gasteiger partial charge in [-0.2, -0.15) is 0 Å². The van der Waals surface area contributed by atoms with E-state index in [4.69, 9.17) is 0 Å². The summed E-state index contributed by atoms with van der Waals surface area (Å²) < 4.78 is 13.3. The molecular formula is C11H8FN3O2S. The Morgan fingerprint density at radius 3 is 2.72 bits per heavy atom. The highest BCUT2D eigenvalue weighted by Crippen LogP contribution is 2.16. The lowest BCUT2D eigenvalue weighted by Gasteiger charge is -1.98. The maximum absolute atomic E-state index is 13.3. The molecule has 1 aromatic carbocycles. The number of nitrogens with zero attached hydrogens (tertiary/aromatic N) is 1. The van der Waals surface area contributed by atoms with Crippen molar-refractivity contribution in [3.05, 3.63) is 50.8 Å². The number of halogens is 1. The molecule has 0 fully saturated rings. The number of nitrogens with one attached hydrogen (secondary N) is 2. The minimum Gasteiger partial charge on any atom is -0.494 e. The van der Waals surface area contributed by atoms with Crippen LogP contribution in [-0.2, 0) is 0 Å². The van der Waals surface area contributed by atoms with E-state index in [1.165, 1.54) is 18.2 Å². The lowest BCUT2D eigenvalue weighted by molar-refractivity contribution is 0.449. The van der Waals surface area contributed by atoms with E-state index in [0.29, 0.717) is 0 Å². The molecule has 3 N–H and O–H groups in total. The summed E-state index contributed by atoms with van der Waals surface area (Å²) in [4.78, 5) is 19.9. The van der Waals surface area contributed by atoms with Crippen molar-refractivity contribution >= 4 is 24.1 Å². The van der Waals surface area contributed by atoms with Gasteiger partial charge in [0.05, 0.1) is 5.69 Å². The van der Waals surface area contributed by atoms with Crippen molar-refractivity contribution in [3.63, 3.8) is 0 Å². The van der Waals surface area contributed by atoms with Crippen LogP contribution >= 0.6 is 12.2 Å². The first-order valence-corrected chi connectivity index (χ1v) is 5.33. The second kappa shape index (κ2) is 4.92. The maximum Gasteiger partial charge on any atom is 0.264 e. The molecule has 0 unspecified atom stereocenters. The number of aliphatic imine (C=N–C) groups is 1. The molecule has 0 amide bonds. The third-order valence-corrected chi connectivity index (χ3v) is 2.35. The number of aromatic hydroxyl groups is 1. The Labute approximate surface area is 106 Å². The third kappa shape index (κ3) is 2.51. The molecule has 2 rings (SSSR count). The first-order chi connectivity index (χ1) is 8.58. The number of aromatic nitrogens is 2. The first kappa shape index (κ1) is 12.2. The molecule has 2 aromatic rings. The van der Waals surface area contributed by atoms with Crippen LogP contribution in [0, 0.1) is 10.6 Å². The normalized spacial score (nSPS) is 10.9. The Hall–Kier alpha value is -2.28. The van der Waals surface area contributed by atoms with Gasteiger partial charge in [-0.05, 0) is 24.4 Å². The average molecular weight is 265 g/mol. The number of aromatic amines is 2. The summed E-state index contributed by atoms with van der Waals surface area (Å²) in [6.07, 6.45) is 1.07. The lowest BCUT2D eigenvalue weighted by atomic mass is 10.3. The van der Waals surface area contributed by atoms with Gasteiger partial charge in [0.1, 0.15) is 11.4 Å². The van der Waals surface area contributed by atoms with Crippen LogP contribution in [-0.4, -0.2) is 21.3 Å². The molecule has 0 radical (unpaired) electrons. The van der Waals surface area contributed by atoms with Crippen molar-refractivity contribution < 1.29 is 9.50 Å². The van der Waals surface area contributed by atoms with Crippen molar-refractivity contribution in [2.75, 3.05) is 0 Å². The van der Waals surface area contributed by atoms with Crippen LogP contribution < -0.4 is 5.56 Å². The Bertz CT molecular complexity index is 721. The summed E-state index contributed by atoms with van der Waals surface area (Å²) in [5.41, 5.74) is -0.651. The van der Waals surface area contributed by atoms with Crippen molar-refractivity contribution in [1.82, 2.24) is 9.97 Å². The zero-order valence-electron chi connectivity index (χ0n) is 8.98. The van der Waals surface area contributed by atoms with Crippen LogP contribution in [0.1, 0.15) is 5.56 Å². The highest BCUT2D eigenvalue weighted by molar-refractivity contribution is 7.71. The fraction of sp³-hybridized carbons (Fsp3) is 0. The molecule has 0 spiro atoms. The first-order valence-electron chi connectivity index (χ1n) is 4.92. The predicted octanol–water partition coefficient (Wildman–Crippen LogP) is 2.03. The van der Waals surface area contributed by atoms with Crippen molar-refractivity contribution in [1.29, 1.82) is 0 Å². The number of para-hydroxylation sites is 1. The van der Waals surface area contributed by atoms with Gasteiger partial charge < -0.3 is 10.1 Å². The van der Waals surface area contributed by atoms with Crippen LogP contribution in [0.25, 0.3) is 0 Å². The van der Waals surface area contributed by atoms with E-state index >= 15 is 0 Å². The molecule has 7 heteroatoms. The van der Waals surface area contributed by atoms with Crippen molar-refractivity contribution in [3.8, 4) is 5.88 Å². The fourth-order valence-corrected chi connectivity index (χ4v) is 1.48. The highest BCUT2D eigenvalue weighted by atomic mass is 32.1. The third-order valence-electron chi connectivity index (χ3n) is 2.14. The van der Waals surface area contributed by atoms with Crippen LogP contribution in [0.2, 0.25) is 0 Å². The predicted molar refractivity (Wildman–Crippen MR) is 67.6 cm³/mol. The van der Waals surface area contributed by atoms with E-state index < -0.39 is 17.3 Å². The number of rotatable bonds is 2. The molecule has 0 bridgehead atoms. The van der Waals surface area contributed by atoms with Crippen LogP contribution in [0.3, 0.4) is 0 Å². The van der Waals surface area contributed by atoms with Crippen LogP contribution in [0.5, 0.6) is 5.88 Å². The van der Waals surface area contributed by atoms with Gasteiger partial charge in [0.2, 0.25) is 5.88 Å². The van der Waals surface area contributed by atoms with Gasteiger partial charge in [0.15, 0.2) is 4.77 Å². The monoisotopic (exact) mass is 265 g/mol. The second-order valence-electron chi connectivity index (χ2n) is 3.38. The summed E-state index contributed by atoms with van der Waals surface area (Å²) in [5, 5.41) is 9.49. The fourth-order valence-electron chi connectivity index (χ4n) is 1.29. The van der Waals surface area contributed by atoms with Gasteiger partial charge in [-0.25, -0.2) is 4.39 Å². The van der Waals surface area contributed by atoms with Crippen molar-refractivity contribution in [2.45, 2.75) is 0 Å². The van der Waals surface area contributed by atoms with Gasteiger partial charge in [-0.15, -0.1) is 0 Å². The van der Waals surface area contributed by atoms with E-state index in [2.05, 4.69) is 27.2 Å². The second-order valence-corrected chi connectivity index (χ2v) is 3.79. The van der Waals surface area contributed by atoms with E-state index in [1.54, 1.807) is 6.07 Å². The SMILES string of the molecule is O=c1[nH]c(=S)[nH]c(O)c1C=Nc1ccccc1F. The molecule has 0 aliphatic rings. The molecule has 0 aliphatic carbocycles. The van der Waals surface area contributed by atoms with Gasteiger partial charge >= 0.3 is 0 Å². The standard InChI is InChI=1S/C11H8FN3O2S/c12-7-3-1-2-4-8(7)13-5-6-9(16)14-11(18)15-10(6)17/h1-5H,(H3,14,15,16,17,18). The molecule has 0 saturated heterocycles. The number of benzene rings is 1. The highest BCUT2D eigenvalue weighted by Gasteiger charge is 2.05. The topological polar surface area (TPSA) is 81.2 Å². The molecular weight excluding hydrogens is 257 g/mol. The minimum atomic E-state index is -0.601. The number of hydrogen-bond acceptors (Lipinski definition) is 4. The smallest absolute Gasteiger partial charge is 0.264 e. The minimum absolute atomic E-state index is 0.000502. The molecule has 0 aliphatic heterocycles. The van der Waals surface area contributed by atoms with Gasteiger partial charge in [-0.3, -0.25) is 14.8 Å². The zero-order valence-corrected chi connectivity index (χ0v) is 9.79. The Balaban J connectivity index is 2.45. The zero-order chi connectivity index (χ0) is 13.1. The van der Waals surface area contributed by atoms with Crippen molar-refractivity contribution in [2.24, 2.45) is 4.99 Å². The quantitative estimate of drug-likeness (QED) is 0.574. The lowest BCUT2D eigenvalue weighted by Crippen LogP contribution is -2.13. The molecule has 92 valence electrons. The van der Waals surface area contributed by atoms with E-state index in [1.807, 2.05) is 0 Å². The number of H-pyrrole nitrogens is 2. The summed E-state index contributed by atoms with van der Waals surface area (Å²) in [5.74, 6) is -0.933. The summed E-state index contributed by atoms with van der Waals surface area (Å²) in [6.45, 7) is 0. The summed E-state index contributed by atoms with van der Waals surface area (Å²) >= 11 is 4.67. The molecule has 1 aromatic heterocycles. The Morgan fingerprint density at radius 2 is 2.06 bits per heavy atom. The van der Waals surface area contributed by atoms with E-state index in [-0.39, 0.29) is 16.0 Å². The van der Waals surface area contributed by atoms with E-state index in [9.17, 15) is 14.3 Å². The Morgan fingerprint density at radius 1 is 1.33 bits per heavy atom. The average Bonchev–Trinajstić information content (AvgIpc) is 2.30. The molecule has 18 heavy (non-hydrogen) atoms. The van der Waals surface area contributed by atoms with Crippen LogP contribution in [0.15, 0.2) is 34.1 Å².